The first-order valence-electron chi connectivity index (χ1n) is 7.89. The fourth-order valence-electron chi connectivity index (χ4n) is 3.20. The van der Waals surface area contributed by atoms with Gasteiger partial charge in [-0.3, -0.25) is 4.79 Å². The molecule has 4 aromatic rings. The molecule has 0 spiro atoms. The van der Waals surface area contributed by atoms with Crippen molar-refractivity contribution in [3.63, 3.8) is 0 Å². The number of hydrogen-bond acceptors (Lipinski definition) is 1. The van der Waals surface area contributed by atoms with Crippen molar-refractivity contribution >= 4 is 21.7 Å². The maximum absolute atomic E-state index is 13.6. The minimum absolute atomic E-state index is 0.0697. The Morgan fingerprint density at radius 2 is 1.71 bits per heavy atom. The van der Waals surface area contributed by atoms with Gasteiger partial charge in [-0.25, -0.2) is 4.39 Å². The Bertz CT molecular complexity index is 1130. The molecule has 0 atom stereocenters. The second-order valence-corrected chi connectivity index (χ2v) is 6.09. The minimum Gasteiger partial charge on any atom is -0.304 e. The highest BCUT2D eigenvalue weighted by Crippen LogP contribution is 2.20. The van der Waals surface area contributed by atoms with Crippen molar-refractivity contribution in [1.82, 2.24) is 4.57 Å². The summed E-state index contributed by atoms with van der Waals surface area (Å²) in [4.78, 5) is 12.5. The van der Waals surface area contributed by atoms with E-state index in [0.29, 0.717) is 6.54 Å². The smallest absolute Gasteiger partial charge is 0.251 e. The van der Waals surface area contributed by atoms with Gasteiger partial charge in [0.05, 0.1) is 12.1 Å². The predicted molar refractivity (Wildman–Crippen MR) is 96.0 cm³/mol. The molecule has 0 fully saturated rings. The maximum Gasteiger partial charge on any atom is 0.251 e. The van der Waals surface area contributed by atoms with Crippen LogP contribution in [0.4, 0.5) is 4.39 Å². The van der Waals surface area contributed by atoms with Crippen LogP contribution in [0, 0.1) is 12.7 Å². The first-order valence-corrected chi connectivity index (χ1v) is 7.89. The highest BCUT2D eigenvalue weighted by Gasteiger charge is 2.08. The molecule has 0 aliphatic heterocycles. The van der Waals surface area contributed by atoms with Gasteiger partial charge in [0.1, 0.15) is 5.82 Å². The molecule has 0 saturated heterocycles. The van der Waals surface area contributed by atoms with Gasteiger partial charge in [0.2, 0.25) is 0 Å². The highest BCUT2D eigenvalue weighted by atomic mass is 19.1. The zero-order valence-electron chi connectivity index (χ0n) is 13.3. The van der Waals surface area contributed by atoms with Crippen molar-refractivity contribution in [3.8, 4) is 0 Å². The van der Waals surface area contributed by atoms with E-state index >= 15 is 0 Å². The molecule has 0 radical (unpaired) electrons. The Morgan fingerprint density at radius 3 is 2.54 bits per heavy atom. The Kier molecular flexibility index (Phi) is 3.42. The highest BCUT2D eigenvalue weighted by molar-refractivity contribution is 5.84. The van der Waals surface area contributed by atoms with Crippen molar-refractivity contribution in [3.05, 3.63) is 94.0 Å². The van der Waals surface area contributed by atoms with E-state index in [0.717, 1.165) is 27.4 Å². The number of pyridine rings is 1. The maximum atomic E-state index is 13.6. The van der Waals surface area contributed by atoms with Gasteiger partial charge in [0, 0.05) is 11.5 Å². The predicted octanol–water partition coefficient (Wildman–Crippen LogP) is 4.65. The summed E-state index contributed by atoms with van der Waals surface area (Å²) in [5.74, 6) is -0.290. The normalized spacial score (nSPS) is 11.2. The molecule has 4 rings (SSSR count). The first-order chi connectivity index (χ1) is 11.6. The average Bonchev–Trinajstić information content (AvgIpc) is 2.58. The van der Waals surface area contributed by atoms with E-state index in [4.69, 9.17) is 0 Å². The van der Waals surface area contributed by atoms with Crippen LogP contribution in [0.3, 0.4) is 0 Å². The molecule has 0 saturated carbocycles. The van der Waals surface area contributed by atoms with Crippen LogP contribution < -0.4 is 5.56 Å². The van der Waals surface area contributed by atoms with Gasteiger partial charge in [0.15, 0.2) is 0 Å². The third-order valence-electron chi connectivity index (χ3n) is 4.43. The number of fused-ring (bicyclic) bond motifs is 2. The lowest BCUT2D eigenvalue weighted by Crippen LogP contribution is -2.21. The van der Waals surface area contributed by atoms with Crippen molar-refractivity contribution in [2.45, 2.75) is 13.5 Å². The molecule has 1 heterocycles. The molecule has 3 heteroatoms. The van der Waals surface area contributed by atoms with Crippen molar-refractivity contribution in [1.29, 1.82) is 0 Å². The van der Waals surface area contributed by atoms with Crippen LogP contribution in [-0.4, -0.2) is 4.57 Å². The third-order valence-corrected chi connectivity index (χ3v) is 4.43. The van der Waals surface area contributed by atoms with Gasteiger partial charge >= 0.3 is 0 Å². The summed E-state index contributed by atoms with van der Waals surface area (Å²) in [5.41, 5.74) is 2.53. The lowest BCUT2D eigenvalue weighted by atomic mass is 10.1. The monoisotopic (exact) mass is 317 g/mol. The van der Waals surface area contributed by atoms with Crippen molar-refractivity contribution in [2.75, 3.05) is 0 Å². The van der Waals surface area contributed by atoms with Gasteiger partial charge in [-0.05, 0) is 53.1 Å². The molecular weight excluding hydrogens is 301 g/mol. The Morgan fingerprint density at radius 1 is 0.917 bits per heavy atom. The van der Waals surface area contributed by atoms with E-state index in [-0.39, 0.29) is 11.4 Å². The van der Waals surface area contributed by atoms with Gasteiger partial charge in [-0.2, -0.15) is 0 Å². The first kappa shape index (κ1) is 14.6. The van der Waals surface area contributed by atoms with Crippen LogP contribution in [0.1, 0.15) is 11.1 Å². The third kappa shape index (κ3) is 2.48. The second-order valence-electron chi connectivity index (χ2n) is 6.09. The lowest BCUT2D eigenvalue weighted by molar-refractivity contribution is 0.629. The topological polar surface area (TPSA) is 22.0 Å². The molecule has 0 aliphatic rings. The van der Waals surface area contributed by atoms with Gasteiger partial charge in [-0.1, -0.05) is 36.4 Å². The number of halogens is 1. The molecule has 1 aromatic heterocycles. The summed E-state index contributed by atoms with van der Waals surface area (Å²) in [6.07, 6.45) is 0. The summed E-state index contributed by atoms with van der Waals surface area (Å²) in [5, 5.41) is 3.09. The van der Waals surface area contributed by atoms with E-state index in [9.17, 15) is 9.18 Å². The number of aromatic nitrogens is 1. The Balaban J connectivity index is 1.88. The number of hydrogen-bond donors (Lipinski definition) is 0. The summed E-state index contributed by atoms with van der Waals surface area (Å²) in [7, 11) is 0. The molecule has 24 heavy (non-hydrogen) atoms. The molecule has 0 bridgehead atoms. The van der Waals surface area contributed by atoms with E-state index in [2.05, 4.69) is 24.3 Å². The van der Waals surface area contributed by atoms with Crippen LogP contribution in [0.15, 0.2) is 71.5 Å². The standard InChI is InChI=1S/C21H16FNO/c1-14-10-21(24)23(20-9-8-18(22)12-19(14)20)13-15-6-7-16-4-2-3-5-17(16)11-15/h2-12H,13H2,1H3. The average molecular weight is 317 g/mol. The summed E-state index contributed by atoms with van der Waals surface area (Å²) in [6, 6.07) is 20.5. The van der Waals surface area contributed by atoms with Crippen LogP contribution in [0.2, 0.25) is 0 Å². The minimum atomic E-state index is -0.290. The Hall–Kier alpha value is -2.94. The van der Waals surface area contributed by atoms with Crippen LogP contribution in [0.25, 0.3) is 21.7 Å². The lowest BCUT2D eigenvalue weighted by Gasteiger charge is -2.13. The summed E-state index contributed by atoms with van der Waals surface area (Å²) < 4.78 is 15.3. The van der Waals surface area contributed by atoms with Crippen LogP contribution >= 0.6 is 0 Å². The largest absolute Gasteiger partial charge is 0.304 e. The van der Waals surface area contributed by atoms with E-state index in [1.165, 1.54) is 17.5 Å². The van der Waals surface area contributed by atoms with Crippen molar-refractivity contribution < 1.29 is 4.39 Å². The zero-order valence-corrected chi connectivity index (χ0v) is 13.3. The molecule has 0 aliphatic carbocycles. The Labute approximate surface area is 138 Å². The molecule has 118 valence electrons. The number of aryl methyl sites for hydroxylation is 1. The number of nitrogens with zero attached hydrogens (tertiary/aromatic N) is 1. The number of benzene rings is 3. The SMILES string of the molecule is Cc1cc(=O)n(Cc2ccc3ccccc3c2)c2ccc(F)cc12. The van der Waals surface area contributed by atoms with Gasteiger partial charge in [-0.15, -0.1) is 0 Å². The van der Waals surface area contributed by atoms with Crippen molar-refractivity contribution in [2.24, 2.45) is 0 Å². The van der Waals surface area contributed by atoms with Crippen LogP contribution in [-0.2, 0) is 6.54 Å². The number of rotatable bonds is 2. The van der Waals surface area contributed by atoms with Gasteiger partial charge in [0.25, 0.3) is 5.56 Å². The molecule has 0 N–H and O–H groups in total. The van der Waals surface area contributed by atoms with E-state index in [1.54, 1.807) is 16.7 Å². The fourth-order valence-corrected chi connectivity index (χ4v) is 3.20. The summed E-state index contributed by atoms with van der Waals surface area (Å²) in [6.45, 7) is 2.30. The van der Waals surface area contributed by atoms with E-state index in [1.807, 2.05) is 25.1 Å². The zero-order chi connectivity index (χ0) is 16.7. The van der Waals surface area contributed by atoms with E-state index < -0.39 is 0 Å². The molecule has 0 amide bonds. The molecule has 3 aromatic carbocycles. The molecular formula is C21H16FNO. The fraction of sp³-hybridized carbons (Fsp3) is 0.0952. The molecule has 0 unspecified atom stereocenters. The molecule has 2 nitrogen and oxygen atoms in total. The van der Waals surface area contributed by atoms with Gasteiger partial charge < -0.3 is 4.57 Å². The second kappa shape index (κ2) is 5.60. The quantitative estimate of drug-likeness (QED) is 0.527. The summed E-state index contributed by atoms with van der Waals surface area (Å²) >= 11 is 0. The van der Waals surface area contributed by atoms with Crippen LogP contribution in [0.5, 0.6) is 0 Å².